The summed E-state index contributed by atoms with van der Waals surface area (Å²) >= 11 is 12.2. The minimum atomic E-state index is -4.48. The van der Waals surface area contributed by atoms with Crippen LogP contribution in [0.1, 0.15) is 63.0 Å². The van der Waals surface area contributed by atoms with Gasteiger partial charge in [0.1, 0.15) is 0 Å². The van der Waals surface area contributed by atoms with Gasteiger partial charge in [-0.3, -0.25) is 14.4 Å². The van der Waals surface area contributed by atoms with Gasteiger partial charge < -0.3 is 15.5 Å². The minimum Gasteiger partial charge on any atom is -0.355 e. The molecule has 0 fully saturated rings. The molecule has 0 saturated carbocycles. The van der Waals surface area contributed by atoms with E-state index in [1.165, 1.54) is 35.9 Å². The fourth-order valence-corrected chi connectivity index (χ4v) is 5.50. The van der Waals surface area contributed by atoms with Crippen LogP contribution in [0.2, 0.25) is 10.0 Å². The van der Waals surface area contributed by atoms with E-state index in [0.717, 1.165) is 12.1 Å². The van der Waals surface area contributed by atoms with Gasteiger partial charge in [0.25, 0.3) is 17.4 Å². The van der Waals surface area contributed by atoms with Gasteiger partial charge in [0.05, 0.1) is 39.6 Å². The number of amides is 2. The van der Waals surface area contributed by atoms with Gasteiger partial charge in [0.2, 0.25) is 5.95 Å². The normalized spacial score (nSPS) is 15.3. The van der Waals surface area contributed by atoms with Crippen molar-refractivity contribution in [2.75, 3.05) is 12.4 Å². The lowest BCUT2D eigenvalue weighted by molar-refractivity contribution is -0.137. The second-order valence-corrected chi connectivity index (χ2v) is 11.5. The highest BCUT2D eigenvalue weighted by atomic mass is 35.5. The highest BCUT2D eigenvalue weighted by molar-refractivity contribution is 6.42. The molecule has 1 aliphatic rings. The van der Waals surface area contributed by atoms with Crippen molar-refractivity contribution in [2.24, 2.45) is 0 Å². The maximum Gasteiger partial charge on any atom is 0.416 e. The number of halogens is 5. The van der Waals surface area contributed by atoms with Crippen LogP contribution in [0.4, 0.5) is 19.1 Å². The van der Waals surface area contributed by atoms with E-state index in [2.05, 4.69) is 10.6 Å². The molecule has 2 heterocycles. The Morgan fingerprint density at radius 3 is 2.22 bits per heavy atom. The van der Waals surface area contributed by atoms with Crippen molar-refractivity contribution in [3.05, 3.63) is 121 Å². The first kappa shape index (κ1) is 32.1. The molecular weight excluding hydrogens is 630 g/mol. The lowest BCUT2D eigenvalue weighted by atomic mass is 9.98. The zero-order chi connectivity index (χ0) is 32.6. The van der Waals surface area contributed by atoms with E-state index in [9.17, 15) is 27.6 Å². The van der Waals surface area contributed by atoms with Gasteiger partial charge in [-0.2, -0.15) is 13.2 Å². The molecule has 45 heavy (non-hydrogen) atoms. The molecule has 13 heteroatoms. The lowest BCUT2D eigenvalue weighted by Crippen LogP contribution is -2.46. The van der Waals surface area contributed by atoms with Crippen molar-refractivity contribution in [2.45, 2.75) is 45.1 Å². The summed E-state index contributed by atoms with van der Waals surface area (Å²) in [6.07, 6.45) is -4.26. The van der Waals surface area contributed by atoms with Gasteiger partial charge in [-0.05, 0) is 80.4 Å². The fraction of sp³-hybridized carbons (Fsp3) is 0.250. The number of carbonyl (C=O) groups is 2. The van der Waals surface area contributed by atoms with E-state index in [-0.39, 0.29) is 47.4 Å². The number of aromatic nitrogens is 2. The van der Waals surface area contributed by atoms with E-state index < -0.39 is 17.8 Å². The Bertz CT molecular complexity index is 1830. The molecular formula is C32H28Cl2F3N5O3. The molecule has 2 atom stereocenters. The van der Waals surface area contributed by atoms with Crippen LogP contribution in [-0.4, -0.2) is 39.4 Å². The van der Waals surface area contributed by atoms with Gasteiger partial charge in [0, 0.05) is 29.8 Å². The Balaban J connectivity index is 1.56. The van der Waals surface area contributed by atoms with Gasteiger partial charge in [-0.25, -0.2) is 9.55 Å². The van der Waals surface area contributed by atoms with Crippen LogP contribution >= 0.6 is 23.2 Å². The first-order valence-corrected chi connectivity index (χ1v) is 14.7. The average Bonchev–Trinajstić information content (AvgIpc) is 3.01. The van der Waals surface area contributed by atoms with Crippen molar-refractivity contribution < 1.29 is 22.8 Å². The zero-order valence-corrected chi connectivity index (χ0v) is 25.9. The Morgan fingerprint density at radius 2 is 1.62 bits per heavy atom. The van der Waals surface area contributed by atoms with Crippen LogP contribution in [0.5, 0.6) is 0 Å². The molecule has 2 amide bonds. The lowest BCUT2D eigenvalue weighted by Gasteiger charge is -2.35. The summed E-state index contributed by atoms with van der Waals surface area (Å²) in [5, 5.41) is 6.28. The van der Waals surface area contributed by atoms with Crippen LogP contribution in [0.25, 0.3) is 5.69 Å². The highest BCUT2D eigenvalue weighted by Gasteiger charge is 2.33. The number of rotatable bonds is 6. The Labute approximate surface area is 266 Å². The number of nitrogens with zero attached hydrogens (tertiary/aromatic N) is 3. The zero-order valence-electron chi connectivity index (χ0n) is 24.4. The molecule has 3 aromatic carbocycles. The van der Waals surface area contributed by atoms with Gasteiger partial charge >= 0.3 is 6.18 Å². The van der Waals surface area contributed by atoms with Crippen molar-refractivity contribution in [1.29, 1.82) is 0 Å². The average molecular weight is 659 g/mol. The summed E-state index contributed by atoms with van der Waals surface area (Å²) in [6, 6.07) is 14.8. The molecule has 1 aliphatic heterocycles. The third-order valence-electron chi connectivity index (χ3n) is 7.74. The molecule has 0 aliphatic carbocycles. The maximum absolute atomic E-state index is 14.1. The molecule has 4 aromatic rings. The summed E-state index contributed by atoms with van der Waals surface area (Å²) in [7, 11) is 1.51. The molecule has 5 rings (SSSR count). The molecule has 1 aromatic heterocycles. The van der Waals surface area contributed by atoms with E-state index in [1.54, 1.807) is 42.2 Å². The monoisotopic (exact) mass is 657 g/mol. The minimum absolute atomic E-state index is 0.0323. The SMILES string of the molecule is CNC(=O)c1ccc(-n2c(N[C@H](C)c3ccc(C(F)(F)F)cc3)nc3c(c2=O)C[C@@H](C)N(C(=O)c2ccc(Cl)c(Cl)c2)C3)cc1. The van der Waals surface area contributed by atoms with E-state index in [4.69, 9.17) is 28.2 Å². The number of hydrogen-bond donors (Lipinski definition) is 2. The largest absolute Gasteiger partial charge is 0.416 e. The van der Waals surface area contributed by atoms with Crippen LogP contribution in [0.3, 0.4) is 0 Å². The van der Waals surface area contributed by atoms with Crippen molar-refractivity contribution in [3.8, 4) is 5.69 Å². The quantitative estimate of drug-likeness (QED) is 0.241. The van der Waals surface area contributed by atoms with Crippen LogP contribution in [-0.2, 0) is 19.1 Å². The molecule has 0 saturated heterocycles. The third-order valence-corrected chi connectivity index (χ3v) is 8.48. The topological polar surface area (TPSA) is 96.3 Å². The summed E-state index contributed by atoms with van der Waals surface area (Å²) in [5.41, 5.74) is 1.32. The third kappa shape index (κ3) is 6.55. The number of fused-ring (bicyclic) bond motifs is 1. The Kier molecular flexibility index (Phi) is 8.95. The molecule has 0 spiro atoms. The summed E-state index contributed by atoms with van der Waals surface area (Å²) in [6.45, 7) is 3.60. The molecule has 0 bridgehead atoms. The number of alkyl halides is 3. The highest BCUT2D eigenvalue weighted by Crippen LogP contribution is 2.31. The van der Waals surface area contributed by atoms with Gasteiger partial charge in [-0.15, -0.1) is 0 Å². The van der Waals surface area contributed by atoms with Gasteiger partial charge in [-0.1, -0.05) is 35.3 Å². The van der Waals surface area contributed by atoms with Crippen LogP contribution in [0.15, 0.2) is 71.5 Å². The number of benzene rings is 3. The van der Waals surface area contributed by atoms with E-state index in [0.29, 0.717) is 38.7 Å². The van der Waals surface area contributed by atoms with Crippen molar-refractivity contribution in [1.82, 2.24) is 19.8 Å². The van der Waals surface area contributed by atoms with Crippen molar-refractivity contribution in [3.63, 3.8) is 0 Å². The Morgan fingerprint density at radius 1 is 0.978 bits per heavy atom. The Hall–Kier alpha value is -4.35. The first-order chi connectivity index (χ1) is 21.3. The standard InChI is InChI=1S/C32H28Cl2F3N5O3/c1-17-14-24-27(16-41(17)29(44)21-8-13-25(33)26(34)15-21)40-31(39-18(2)19-4-9-22(10-5-19)32(35,36)37)42(30(24)45)23-11-6-20(7-12-23)28(43)38-3/h4-13,15,17-18H,14,16H2,1-3H3,(H,38,43)(H,39,40)/t17-,18-/m1/s1. The predicted octanol–water partition coefficient (Wildman–Crippen LogP) is 6.68. The van der Waals surface area contributed by atoms with Crippen molar-refractivity contribution >= 4 is 41.0 Å². The van der Waals surface area contributed by atoms with E-state index >= 15 is 0 Å². The van der Waals surface area contributed by atoms with E-state index in [1.807, 2.05) is 6.92 Å². The predicted molar refractivity (Wildman–Crippen MR) is 166 cm³/mol. The molecule has 0 radical (unpaired) electrons. The summed E-state index contributed by atoms with van der Waals surface area (Å²) < 4.78 is 40.8. The maximum atomic E-state index is 14.1. The smallest absolute Gasteiger partial charge is 0.355 e. The second-order valence-electron chi connectivity index (χ2n) is 10.7. The number of anilines is 1. The molecule has 0 unspecified atom stereocenters. The number of hydrogen-bond acceptors (Lipinski definition) is 5. The molecule has 2 N–H and O–H groups in total. The van der Waals surface area contributed by atoms with Crippen LogP contribution < -0.4 is 16.2 Å². The fourth-order valence-electron chi connectivity index (χ4n) is 5.21. The first-order valence-electron chi connectivity index (χ1n) is 14.0. The summed E-state index contributed by atoms with van der Waals surface area (Å²) in [4.78, 5) is 46.1. The second kappa shape index (κ2) is 12.6. The van der Waals surface area contributed by atoms with Crippen LogP contribution in [0, 0.1) is 0 Å². The number of carbonyl (C=O) groups excluding carboxylic acids is 2. The number of nitrogens with one attached hydrogen (secondary N) is 2. The molecule has 234 valence electrons. The molecule has 8 nitrogen and oxygen atoms in total. The van der Waals surface area contributed by atoms with Gasteiger partial charge in [0.15, 0.2) is 0 Å². The summed E-state index contributed by atoms with van der Waals surface area (Å²) in [5.74, 6) is -0.488.